The summed E-state index contributed by atoms with van der Waals surface area (Å²) in [5.41, 5.74) is 0.00722. The van der Waals surface area contributed by atoms with Gasteiger partial charge in [-0.25, -0.2) is 8.42 Å². The van der Waals surface area contributed by atoms with Gasteiger partial charge in [-0.05, 0) is 44.9 Å². The SMILES string of the molecule is CCOCCCN=C1C=C(C)C(C)(C#N)C=C(NCCS(=O)(=O)CCO)N1. The van der Waals surface area contributed by atoms with Crippen LogP contribution in [0.15, 0.2) is 28.5 Å². The van der Waals surface area contributed by atoms with E-state index in [1.54, 1.807) is 13.0 Å². The molecule has 0 aromatic heterocycles. The van der Waals surface area contributed by atoms with Crippen molar-refractivity contribution in [3.63, 3.8) is 0 Å². The zero-order valence-electron chi connectivity index (χ0n) is 16.3. The van der Waals surface area contributed by atoms with Crippen molar-refractivity contribution in [2.24, 2.45) is 10.4 Å². The van der Waals surface area contributed by atoms with Crippen molar-refractivity contribution in [2.45, 2.75) is 27.2 Å². The van der Waals surface area contributed by atoms with Crippen LogP contribution in [0.1, 0.15) is 27.2 Å². The number of hydrogen-bond acceptors (Lipinski definition) is 7. The molecule has 27 heavy (non-hydrogen) atoms. The van der Waals surface area contributed by atoms with Gasteiger partial charge in [0.1, 0.15) is 11.7 Å². The zero-order valence-corrected chi connectivity index (χ0v) is 17.1. The number of allylic oxidation sites excluding steroid dienone is 2. The second kappa shape index (κ2) is 11.1. The van der Waals surface area contributed by atoms with E-state index in [-0.39, 0.29) is 18.1 Å². The Morgan fingerprint density at radius 2 is 2.19 bits per heavy atom. The van der Waals surface area contributed by atoms with Gasteiger partial charge >= 0.3 is 0 Å². The number of hydrogen-bond donors (Lipinski definition) is 3. The molecule has 1 unspecified atom stereocenters. The second-order valence-electron chi connectivity index (χ2n) is 6.44. The number of nitriles is 1. The molecule has 8 nitrogen and oxygen atoms in total. The van der Waals surface area contributed by atoms with E-state index >= 15 is 0 Å². The van der Waals surface area contributed by atoms with Crippen LogP contribution >= 0.6 is 0 Å². The Kier molecular flexibility index (Phi) is 9.49. The molecule has 1 aliphatic rings. The Morgan fingerprint density at radius 3 is 2.81 bits per heavy atom. The molecule has 3 N–H and O–H groups in total. The number of aliphatic hydroxyl groups is 1. The minimum absolute atomic E-state index is 0.108. The molecule has 0 aromatic carbocycles. The van der Waals surface area contributed by atoms with E-state index < -0.39 is 21.9 Å². The van der Waals surface area contributed by atoms with E-state index in [4.69, 9.17) is 9.84 Å². The number of amidine groups is 1. The van der Waals surface area contributed by atoms with Gasteiger partial charge in [-0.15, -0.1) is 0 Å². The van der Waals surface area contributed by atoms with E-state index in [1.165, 1.54) is 0 Å². The third-order valence-electron chi connectivity index (χ3n) is 4.16. The lowest BCUT2D eigenvalue weighted by molar-refractivity contribution is 0.146. The minimum Gasteiger partial charge on any atom is -0.395 e. The predicted octanol–water partition coefficient (Wildman–Crippen LogP) is 0.729. The Morgan fingerprint density at radius 1 is 1.44 bits per heavy atom. The van der Waals surface area contributed by atoms with Gasteiger partial charge in [-0.3, -0.25) is 4.99 Å². The highest BCUT2D eigenvalue weighted by atomic mass is 32.2. The number of ether oxygens (including phenoxy) is 1. The summed E-state index contributed by atoms with van der Waals surface area (Å²) in [5, 5.41) is 24.5. The van der Waals surface area contributed by atoms with Crippen molar-refractivity contribution in [3.05, 3.63) is 23.5 Å². The van der Waals surface area contributed by atoms with Crippen molar-refractivity contribution >= 4 is 15.7 Å². The van der Waals surface area contributed by atoms with Gasteiger partial charge in [0.15, 0.2) is 9.84 Å². The third-order valence-corrected chi connectivity index (χ3v) is 5.79. The number of nitrogens with zero attached hydrogens (tertiary/aromatic N) is 2. The normalized spacial score (nSPS) is 21.7. The highest BCUT2D eigenvalue weighted by Gasteiger charge is 2.27. The van der Waals surface area contributed by atoms with Crippen molar-refractivity contribution < 1.29 is 18.3 Å². The fraction of sp³-hybridized carbons (Fsp3) is 0.667. The first-order valence-electron chi connectivity index (χ1n) is 9.03. The van der Waals surface area contributed by atoms with E-state index in [0.29, 0.717) is 31.4 Å². The lowest BCUT2D eigenvalue weighted by Gasteiger charge is -2.18. The van der Waals surface area contributed by atoms with E-state index in [9.17, 15) is 13.7 Å². The number of aliphatic imine (C=N–C) groups is 1. The molecule has 0 fully saturated rings. The lowest BCUT2D eigenvalue weighted by Crippen LogP contribution is -2.34. The van der Waals surface area contributed by atoms with Gasteiger partial charge in [0.2, 0.25) is 0 Å². The van der Waals surface area contributed by atoms with Crippen molar-refractivity contribution in [1.82, 2.24) is 10.6 Å². The number of sulfone groups is 1. The first kappa shape index (κ1) is 23.1. The average Bonchev–Trinajstić information content (AvgIpc) is 2.71. The molecular formula is C18H30N4O4S. The fourth-order valence-electron chi connectivity index (χ4n) is 2.36. The Hall–Kier alpha value is -1.89. The third kappa shape index (κ3) is 8.12. The van der Waals surface area contributed by atoms with Crippen LogP contribution in [0.4, 0.5) is 0 Å². The summed E-state index contributed by atoms with van der Waals surface area (Å²) < 4.78 is 28.8. The van der Waals surface area contributed by atoms with Crippen LogP contribution in [-0.4, -0.2) is 63.8 Å². The summed E-state index contributed by atoms with van der Waals surface area (Å²) in [4.78, 5) is 4.51. The van der Waals surface area contributed by atoms with Crippen LogP contribution in [0.3, 0.4) is 0 Å². The highest BCUT2D eigenvalue weighted by molar-refractivity contribution is 7.91. The molecule has 152 valence electrons. The zero-order chi connectivity index (χ0) is 20.3. The maximum absolute atomic E-state index is 11.7. The minimum atomic E-state index is -3.31. The predicted molar refractivity (Wildman–Crippen MR) is 106 cm³/mol. The van der Waals surface area contributed by atoms with Crippen LogP contribution in [0.5, 0.6) is 0 Å². The smallest absolute Gasteiger partial charge is 0.154 e. The van der Waals surface area contributed by atoms with Gasteiger partial charge in [-0.1, -0.05) is 0 Å². The van der Waals surface area contributed by atoms with Gasteiger partial charge in [0.05, 0.1) is 29.6 Å². The van der Waals surface area contributed by atoms with Crippen LogP contribution in [0.2, 0.25) is 0 Å². The molecule has 0 spiro atoms. The summed E-state index contributed by atoms with van der Waals surface area (Å²) in [6.07, 6.45) is 4.35. The van der Waals surface area contributed by atoms with E-state index in [0.717, 1.165) is 12.0 Å². The topological polar surface area (TPSA) is 124 Å². The Labute approximate surface area is 161 Å². The van der Waals surface area contributed by atoms with Crippen molar-refractivity contribution in [2.75, 3.05) is 44.4 Å². The quantitative estimate of drug-likeness (QED) is 0.438. The molecule has 0 saturated carbocycles. The Bertz CT molecular complexity index is 722. The monoisotopic (exact) mass is 398 g/mol. The molecule has 1 aliphatic heterocycles. The fourth-order valence-corrected chi connectivity index (χ4v) is 3.26. The van der Waals surface area contributed by atoms with Gasteiger partial charge in [-0.2, -0.15) is 5.26 Å². The largest absolute Gasteiger partial charge is 0.395 e. The molecule has 0 amide bonds. The summed E-state index contributed by atoms with van der Waals surface area (Å²) in [6, 6.07) is 2.28. The summed E-state index contributed by atoms with van der Waals surface area (Å²) in [7, 11) is -3.31. The second-order valence-corrected chi connectivity index (χ2v) is 8.75. The van der Waals surface area contributed by atoms with Crippen molar-refractivity contribution in [3.8, 4) is 6.07 Å². The van der Waals surface area contributed by atoms with Crippen LogP contribution in [0, 0.1) is 16.7 Å². The van der Waals surface area contributed by atoms with Gasteiger partial charge < -0.3 is 20.5 Å². The van der Waals surface area contributed by atoms with Gasteiger partial charge in [0.25, 0.3) is 0 Å². The molecule has 1 heterocycles. The maximum Gasteiger partial charge on any atom is 0.154 e. The molecule has 0 saturated heterocycles. The molecule has 9 heteroatoms. The number of rotatable bonds is 11. The molecular weight excluding hydrogens is 368 g/mol. The summed E-state index contributed by atoms with van der Waals surface area (Å²) in [5.74, 6) is 0.780. The summed E-state index contributed by atoms with van der Waals surface area (Å²) >= 11 is 0. The number of nitrogens with one attached hydrogen (secondary N) is 2. The average molecular weight is 399 g/mol. The summed E-state index contributed by atoms with van der Waals surface area (Å²) in [6.45, 7) is 7.26. The van der Waals surface area contributed by atoms with Crippen LogP contribution in [-0.2, 0) is 14.6 Å². The van der Waals surface area contributed by atoms with Crippen molar-refractivity contribution in [1.29, 1.82) is 5.26 Å². The molecule has 0 aliphatic carbocycles. The first-order chi connectivity index (χ1) is 12.8. The standard InChI is InChI=1S/C18H30N4O4S/c1-4-26-9-5-6-20-16-12-15(2)18(3,14-19)13-17(22-16)21-7-10-27(24,25)11-8-23/h12-13,21,23H,4-11H2,1-3H3,(H,20,22). The molecule has 1 rings (SSSR count). The molecule has 1 atom stereocenters. The first-order valence-corrected chi connectivity index (χ1v) is 10.9. The molecule has 0 radical (unpaired) electrons. The highest BCUT2D eigenvalue weighted by Crippen LogP contribution is 2.29. The van der Waals surface area contributed by atoms with Crippen LogP contribution < -0.4 is 10.6 Å². The van der Waals surface area contributed by atoms with Crippen LogP contribution in [0.25, 0.3) is 0 Å². The van der Waals surface area contributed by atoms with E-state index in [2.05, 4.69) is 21.7 Å². The number of aliphatic hydroxyl groups excluding tert-OH is 1. The maximum atomic E-state index is 11.7. The Balaban J connectivity index is 2.84. The lowest BCUT2D eigenvalue weighted by atomic mass is 9.84. The van der Waals surface area contributed by atoms with E-state index in [1.807, 2.05) is 19.9 Å². The molecule has 0 aromatic rings. The van der Waals surface area contributed by atoms with Gasteiger partial charge in [0, 0.05) is 26.3 Å². The molecule has 0 bridgehead atoms.